The molecule has 1 amide bonds. The number of hydrogen-bond donors (Lipinski definition) is 3. The van der Waals surface area contributed by atoms with Gasteiger partial charge < -0.3 is 15.8 Å². The summed E-state index contributed by atoms with van der Waals surface area (Å²) < 4.78 is 0. The first kappa shape index (κ1) is 11.7. The second-order valence-corrected chi connectivity index (χ2v) is 4.13. The number of carbonyl (C=O) groups excluding carboxylic acids is 1. The van der Waals surface area contributed by atoms with Gasteiger partial charge in [-0.25, -0.2) is 0 Å². The lowest BCUT2D eigenvalue weighted by atomic mass is 10.0. The number of aliphatic hydroxyl groups is 1. The first-order valence-electron chi connectivity index (χ1n) is 5.69. The predicted molar refractivity (Wildman–Crippen MR) is 66.4 cm³/mol. The van der Waals surface area contributed by atoms with Crippen LogP contribution in [0.15, 0.2) is 24.3 Å². The molecule has 1 unspecified atom stereocenters. The van der Waals surface area contributed by atoms with Crippen LogP contribution >= 0.6 is 0 Å². The number of benzene rings is 1. The number of nitrogens with one attached hydrogen (secondary N) is 1. The number of hydrogen-bond acceptors (Lipinski definition) is 2. The van der Waals surface area contributed by atoms with Crippen molar-refractivity contribution in [1.82, 2.24) is 4.98 Å². The Morgan fingerprint density at radius 1 is 1.47 bits per heavy atom. The van der Waals surface area contributed by atoms with Gasteiger partial charge >= 0.3 is 0 Å². The molecule has 2 rings (SSSR count). The second kappa shape index (κ2) is 4.59. The van der Waals surface area contributed by atoms with Crippen molar-refractivity contribution in [2.75, 3.05) is 0 Å². The van der Waals surface area contributed by atoms with E-state index in [-0.39, 0.29) is 12.3 Å². The molecule has 4 heteroatoms. The Balaban J connectivity index is 2.60. The van der Waals surface area contributed by atoms with Gasteiger partial charge in [0.05, 0.1) is 12.5 Å². The monoisotopic (exact) mass is 232 g/mol. The summed E-state index contributed by atoms with van der Waals surface area (Å²) in [4.78, 5) is 14.3. The van der Waals surface area contributed by atoms with Gasteiger partial charge in [-0.3, -0.25) is 4.79 Å². The number of para-hydroxylation sites is 1. The number of aliphatic hydroxyl groups excluding tert-OH is 1. The third kappa shape index (κ3) is 2.17. The van der Waals surface area contributed by atoms with Gasteiger partial charge in [0.15, 0.2) is 0 Å². The molecule has 0 saturated heterocycles. The quantitative estimate of drug-likeness (QED) is 0.749. The number of H-pyrrole nitrogens is 1. The lowest BCUT2D eigenvalue weighted by Crippen LogP contribution is -2.15. The van der Waals surface area contributed by atoms with Crippen LogP contribution in [0.4, 0.5) is 0 Å². The van der Waals surface area contributed by atoms with Gasteiger partial charge in [-0.15, -0.1) is 0 Å². The minimum atomic E-state index is -0.586. The molecule has 1 heterocycles. The Hall–Kier alpha value is -1.81. The van der Waals surface area contributed by atoms with E-state index in [2.05, 4.69) is 4.98 Å². The molecule has 1 aromatic carbocycles. The molecule has 4 N–H and O–H groups in total. The minimum absolute atomic E-state index is 0.149. The molecule has 4 nitrogen and oxygen atoms in total. The number of rotatable bonds is 4. The van der Waals surface area contributed by atoms with Crippen molar-refractivity contribution in [1.29, 1.82) is 0 Å². The molecular weight excluding hydrogens is 216 g/mol. The van der Waals surface area contributed by atoms with Crippen LogP contribution in [0.25, 0.3) is 10.9 Å². The average molecular weight is 232 g/mol. The molecule has 0 spiro atoms. The zero-order valence-electron chi connectivity index (χ0n) is 9.73. The minimum Gasteiger partial charge on any atom is -0.387 e. The maximum atomic E-state index is 11.1. The Kier molecular flexibility index (Phi) is 3.15. The van der Waals surface area contributed by atoms with Crippen molar-refractivity contribution in [3.8, 4) is 0 Å². The van der Waals surface area contributed by atoms with Crippen LogP contribution in [0.2, 0.25) is 0 Å². The topological polar surface area (TPSA) is 79.1 Å². The normalized spacial score (nSPS) is 12.8. The van der Waals surface area contributed by atoms with Crippen molar-refractivity contribution in [3.05, 3.63) is 35.5 Å². The Labute approximate surface area is 99.4 Å². The zero-order valence-corrected chi connectivity index (χ0v) is 9.73. The molecule has 1 aromatic heterocycles. The largest absolute Gasteiger partial charge is 0.387 e. The molecule has 1 atom stereocenters. The van der Waals surface area contributed by atoms with Crippen LogP contribution in [0.5, 0.6) is 0 Å². The Bertz CT molecular complexity index is 545. The summed E-state index contributed by atoms with van der Waals surface area (Å²) in [5.41, 5.74) is 7.68. The van der Waals surface area contributed by atoms with Crippen LogP contribution in [0, 0.1) is 0 Å². The maximum absolute atomic E-state index is 11.1. The van der Waals surface area contributed by atoms with Crippen molar-refractivity contribution in [2.24, 2.45) is 5.73 Å². The summed E-state index contributed by atoms with van der Waals surface area (Å²) >= 11 is 0. The van der Waals surface area contributed by atoms with E-state index >= 15 is 0 Å². The van der Waals surface area contributed by atoms with E-state index in [1.165, 1.54) is 0 Å². The molecule has 0 aliphatic carbocycles. The molecule has 0 saturated carbocycles. The fourth-order valence-electron chi connectivity index (χ4n) is 2.07. The third-order valence-electron chi connectivity index (χ3n) is 2.92. The lowest BCUT2D eigenvalue weighted by Gasteiger charge is -2.08. The lowest BCUT2D eigenvalue weighted by molar-refractivity contribution is -0.117. The van der Waals surface area contributed by atoms with Crippen molar-refractivity contribution in [2.45, 2.75) is 25.9 Å². The smallest absolute Gasteiger partial charge is 0.221 e. The van der Waals surface area contributed by atoms with E-state index < -0.39 is 6.10 Å². The Morgan fingerprint density at radius 2 is 2.18 bits per heavy atom. The number of fused-ring (bicyclic) bond motifs is 1. The van der Waals surface area contributed by atoms with Crippen molar-refractivity contribution >= 4 is 16.8 Å². The molecule has 17 heavy (non-hydrogen) atoms. The SMILES string of the molecule is CCC(O)c1[nH]c2ccccc2c1CC(N)=O. The van der Waals surface area contributed by atoms with Gasteiger partial charge in [-0.05, 0) is 18.1 Å². The van der Waals surface area contributed by atoms with E-state index in [4.69, 9.17) is 5.73 Å². The highest BCUT2D eigenvalue weighted by molar-refractivity contribution is 5.89. The van der Waals surface area contributed by atoms with Gasteiger partial charge in [-0.2, -0.15) is 0 Å². The van der Waals surface area contributed by atoms with Crippen LogP contribution in [0.3, 0.4) is 0 Å². The predicted octanol–water partition coefficient (Wildman–Crippen LogP) is 1.64. The molecular formula is C13H16N2O2. The zero-order chi connectivity index (χ0) is 12.4. The van der Waals surface area contributed by atoms with E-state index in [1.807, 2.05) is 31.2 Å². The molecule has 0 aliphatic rings. The highest BCUT2D eigenvalue weighted by Crippen LogP contribution is 2.28. The molecule has 0 aliphatic heterocycles. The van der Waals surface area contributed by atoms with Crippen LogP contribution < -0.4 is 5.73 Å². The first-order valence-corrected chi connectivity index (χ1v) is 5.69. The first-order chi connectivity index (χ1) is 8.13. The number of amides is 1. The second-order valence-electron chi connectivity index (χ2n) is 4.13. The van der Waals surface area contributed by atoms with E-state index in [9.17, 15) is 9.90 Å². The Morgan fingerprint density at radius 3 is 2.82 bits per heavy atom. The number of aromatic amines is 1. The third-order valence-corrected chi connectivity index (χ3v) is 2.92. The fraction of sp³-hybridized carbons (Fsp3) is 0.308. The highest BCUT2D eigenvalue weighted by Gasteiger charge is 2.17. The summed E-state index contributed by atoms with van der Waals surface area (Å²) in [5.74, 6) is -0.390. The van der Waals surface area contributed by atoms with Crippen molar-refractivity contribution in [3.63, 3.8) is 0 Å². The summed E-state index contributed by atoms with van der Waals surface area (Å²) in [5, 5.41) is 10.9. The number of carbonyl (C=O) groups is 1. The maximum Gasteiger partial charge on any atom is 0.221 e. The molecule has 90 valence electrons. The van der Waals surface area contributed by atoms with E-state index in [0.717, 1.165) is 16.5 Å². The number of primary amides is 1. The highest BCUT2D eigenvalue weighted by atomic mass is 16.3. The van der Waals surface area contributed by atoms with E-state index in [1.54, 1.807) is 0 Å². The van der Waals surface area contributed by atoms with Crippen LogP contribution in [-0.2, 0) is 11.2 Å². The molecule has 0 fully saturated rings. The van der Waals surface area contributed by atoms with Crippen LogP contribution in [-0.4, -0.2) is 16.0 Å². The van der Waals surface area contributed by atoms with Gasteiger partial charge in [0, 0.05) is 16.6 Å². The van der Waals surface area contributed by atoms with Gasteiger partial charge in [0.1, 0.15) is 0 Å². The van der Waals surface area contributed by atoms with Gasteiger partial charge in [-0.1, -0.05) is 25.1 Å². The van der Waals surface area contributed by atoms with Crippen LogP contribution in [0.1, 0.15) is 30.7 Å². The summed E-state index contributed by atoms with van der Waals surface area (Å²) in [7, 11) is 0. The van der Waals surface area contributed by atoms with E-state index in [0.29, 0.717) is 12.1 Å². The molecule has 0 radical (unpaired) electrons. The molecule has 2 aromatic rings. The van der Waals surface area contributed by atoms with Gasteiger partial charge in [0.2, 0.25) is 5.91 Å². The van der Waals surface area contributed by atoms with Gasteiger partial charge in [0.25, 0.3) is 0 Å². The standard InChI is InChI=1S/C13H16N2O2/c1-2-11(16)13-9(7-12(14)17)8-5-3-4-6-10(8)15-13/h3-6,11,15-16H,2,7H2,1H3,(H2,14,17). The summed E-state index contributed by atoms with van der Waals surface area (Å²) in [6.45, 7) is 1.89. The summed E-state index contributed by atoms with van der Waals surface area (Å²) in [6.07, 6.45) is 0.159. The number of nitrogens with two attached hydrogens (primary N) is 1. The number of aromatic nitrogens is 1. The average Bonchev–Trinajstić information content (AvgIpc) is 2.67. The van der Waals surface area contributed by atoms with Crippen molar-refractivity contribution < 1.29 is 9.90 Å². The summed E-state index contributed by atoms with van der Waals surface area (Å²) in [6, 6.07) is 7.67. The fourth-order valence-corrected chi connectivity index (χ4v) is 2.07. The molecule has 0 bridgehead atoms.